The number of hydrogen-bond acceptors (Lipinski definition) is 6. The molecular formula is C15H18N2O4. The van der Waals surface area contributed by atoms with Gasteiger partial charge >= 0.3 is 0 Å². The fraction of sp³-hybridized carbons (Fsp3) is 0.733. The Labute approximate surface area is 122 Å². The lowest BCUT2D eigenvalue weighted by Crippen LogP contribution is -2.54. The number of rotatable bonds is 3. The van der Waals surface area contributed by atoms with Crippen LogP contribution < -0.4 is 11.5 Å². The Bertz CT molecular complexity index is 640. The summed E-state index contributed by atoms with van der Waals surface area (Å²) in [7, 11) is 0. The van der Waals surface area contributed by atoms with E-state index in [1.807, 2.05) is 0 Å². The van der Waals surface area contributed by atoms with E-state index < -0.39 is 5.66 Å². The van der Waals surface area contributed by atoms with E-state index in [1.54, 1.807) is 0 Å². The standard InChI is InChI=1S/C15H18N2O4/c1-2-3-4-5(8-12(19-8)11-7(4)18-11)6-9-13(20-9)15(16,17)14-10(6)21-14/h4-5,7-8,11-13H,2-3,16-17H2,1H3. The SMILES string of the molecule is CCCC1C2OC2C2OC2C1C1=C2OC2C(N)(N)C2=C1O2. The average Bonchev–Trinajstić information content (AvgIpc) is 3.30. The van der Waals surface area contributed by atoms with Gasteiger partial charge in [0.1, 0.15) is 18.0 Å². The van der Waals surface area contributed by atoms with Crippen molar-refractivity contribution in [1.82, 2.24) is 0 Å². The van der Waals surface area contributed by atoms with Crippen LogP contribution >= 0.6 is 0 Å². The normalized spacial score (nSPS) is 52.8. The molecule has 112 valence electrons. The van der Waals surface area contributed by atoms with Crippen LogP contribution in [-0.2, 0) is 18.9 Å². The molecule has 4 fully saturated rings. The molecule has 1 saturated carbocycles. The van der Waals surface area contributed by atoms with Crippen molar-refractivity contribution >= 4 is 0 Å². The molecule has 4 heterocycles. The Morgan fingerprint density at radius 1 is 1.10 bits per heavy atom. The van der Waals surface area contributed by atoms with Gasteiger partial charge in [0.15, 0.2) is 23.3 Å². The molecule has 0 bridgehead atoms. The molecule has 4 N–H and O–H groups in total. The molecule has 0 spiro atoms. The van der Waals surface area contributed by atoms with E-state index in [0.717, 1.165) is 24.4 Å². The van der Waals surface area contributed by atoms with Crippen molar-refractivity contribution in [2.75, 3.05) is 0 Å². The van der Waals surface area contributed by atoms with Gasteiger partial charge in [-0.3, -0.25) is 0 Å². The highest BCUT2D eigenvalue weighted by atomic mass is 16.7. The summed E-state index contributed by atoms with van der Waals surface area (Å²) in [5.74, 6) is 3.29. The van der Waals surface area contributed by atoms with Crippen LogP contribution in [0.5, 0.6) is 0 Å². The highest BCUT2D eigenvalue weighted by molar-refractivity contribution is 5.57. The van der Waals surface area contributed by atoms with Gasteiger partial charge in [-0.25, -0.2) is 0 Å². The van der Waals surface area contributed by atoms with Gasteiger partial charge in [0.05, 0.1) is 12.2 Å². The highest BCUT2D eigenvalue weighted by Crippen LogP contribution is 2.63. The van der Waals surface area contributed by atoms with Crippen molar-refractivity contribution in [3.8, 4) is 0 Å². The molecule has 0 amide bonds. The highest BCUT2D eigenvalue weighted by Gasteiger charge is 2.73. The second-order valence-electron chi connectivity index (χ2n) is 7.08. The minimum absolute atomic E-state index is 0.217. The van der Waals surface area contributed by atoms with Crippen LogP contribution in [0, 0.1) is 11.8 Å². The Morgan fingerprint density at radius 2 is 1.86 bits per heavy atom. The molecular weight excluding hydrogens is 272 g/mol. The molecule has 0 aromatic carbocycles. The summed E-state index contributed by atoms with van der Waals surface area (Å²) >= 11 is 0. The second-order valence-corrected chi connectivity index (χ2v) is 7.08. The summed E-state index contributed by atoms with van der Waals surface area (Å²) in [5, 5.41) is 0. The Kier molecular flexibility index (Phi) is 1.72. The first-order valence-electron chi connectivity index (χ1n) is 7.85. The average molecular weight is 290 g/mol. The van der Waals surface area contributed by atoms with Gasteiger partial charge in [0.25, 0.3) is 0 Å². The Morgan fingerprint density at radius 3 is 2.67 bits per heavy atom. The summed E-state index contributed by atoms with van der Waals surface area (Å²) in [5.41, 5.74) is 12.4. The van der Waals surface area contributed by atoms with Crippen LogP contribution in [0.2, 0.25) is 0 Å². The molecule has 0 aromatic rings. The van der Waals surface area contributed by atoms with Crippen molar-refractivity contribution in [1.29, 1.82) is 0 Å². The van der Waals surface area contributed by atoms with Crippen molar-refractivity contribution in [2.45, 2.75) is 55.9 Å². The van der Waals surface area contributed by atoms with Gasteiger partial charge in [0, 0.05) is 11.5 Å². The largest absolute Gasteiger partial charge is 0.478 e. The van der Waals surface area contributed by atoms with E-state index in [1.165, 1.54) is 5.57 Å². The lowest BCUT2D eigenvalue weighted by Gasteiger charge is -2.27. The molecule has 6 rings (SSSR count). The number of hydrogen-bond donors (Lipinski definition) is 2. The number of allylic oxidation sites excluding steroid dienone is 1. The molecule has 2 aliphatic carbocycles. The van der Waals surface area contributed by atoms with Gasteiger partial charge in [0.2, 0.25) is 0 Å². The van der Waals surface area contributed by atoms with Crippen LogP contribution in [0.3, 0.4) is 0 Å². The smallest absolute Gasteiger partial charge is 0.194 e. The summed E-state index contributed by atoms with van der Waals surface area (Å²) in [6, 6.07) is 0. The quantitative estimate of drug-likeness (QED) is 0.564. The van der Waals surface area contributed by atoms with E-state index >= 15 is 0 Å². The van der Waals surface area contributed by atoms with Crippen molar-refractivity contribution in [3.05, 3.63) is 22.9 Å². The van der Waals surface area contributed by atoms with Gasteiger partial charge in [-0.15, -0.1) is 0 Å². The zero-order valence-electron chi connectivity index (χ0n) is 11.7. The third-order valence-electron chi connectivity index (χ3n) is 5.77. The molecule has 0 radical (unpaired) electrons. The van der Waals surface area contributed by atoms with Gasteiger partial charge in [-0.05, 0) is 12.3 Å². The molecule has 21 heavy (non-hydrogen) atoms. The molecule has 3 saturated heterocycles. The van der Waals surface area contributed by atoms with E-state index in [9.17, 15) is 0 Å². The second kappa shape index (κ2) is 3.15. The maximum atomic E-state index is 6.09. The van der Waals surface area contributed by atoms with Gasteiger partial charge < -0.3 is 30.4 Å². The lowest BCUT2D eigenvalue weighted by atomic mass is 9.71. The first kappa shape index (κ1) is 11.5. The minimum atomic E-state index is -0.981. The van der Waals surface area contributed by atoms with Crippen LogP contribution in [0.1, 0.15) is 19.8 Å². The molecule has 7 unspecified atom stereocenters. The Hall–Kier alpha value is -1.08. The predicted octanol–water partition coefficient (Wildman–Crippen LogP) is 0.0893. The van der Waals surface area contributed by atoms with Gasteiger partial charge in [-0.2, -0.15) is 0 Å². The maximum Gasteiger partial charge on any atom is 0.194 e. The molecule has 6 heteroatoms. The molecule has 6 nitrogen and oxygen atoms in total. The Balaban J connectivity index is 1.42. The maximum absolute atomic E-state index is 6.09. The lowest BCUT2D eigenvalue weighted by molar-refractivity contribution is 0.205. The first-order valence-corrected chi connectivity index (χ1v) is 7.85. The van der Waals surface area contributed by atoms with Crippen molar-refractivity contribution < 1.29 is 18.9 Å². The van der Waals surface area contributed by atoms with Crippen molar-refractivity contribution in [2.24, 2.45) is 23.3 Å². The summed E-state index contributed by atoms with van der Waals surface area (Å²) in [6.45, 7) is 2.21. The number of epoxide rings is 3. The topological polar surface area (TPSA) is 102 Å². The molecule has 7 atom stereocenters. The van der Waals surface area contributed by atoms with Crippen LogP contribution in [-0.4, -0.2) is 36.2 Å². The fourth-order valence-corrected chi connectivity index (χ4v) is 4.64. The number of ether oxygens (including phenoxy) is 4. The van der Waals surface area contributed by atoms with Crippen LogP contribution in [0.15, 0.2) is 22.9 Å². The van der Waals surface area contributed by atoms with Crippen LogP contribution in [0.25, 0.3) is 0 Å². The van der Waals surface area contributed by atoms with E-state index in [4.69, 9.17) is 30.4 Å². The van der Waals surface area contributed by atoms with E-state index in [0.29, 0.717) is 29.8 Å². The predicted molar refractivity (Wildman–Crippen MR) is 70.3 cm³/mol. The number of fused-ring (bicyclic) bond motifs is 4. The van der Waals surface area contributed by atoms with Gasteiger partial charge in [-0.1, -0.05) is 13.3 Å². The first-order chi connectivity index (χ1) is 10.1. The number of nitrogens with two attached hydrogens (primary N) is 2. The molecule has 4 aliphatic heterocycles. The molecule has 6 aliphatic rings. The summed E-state index contributed by atoms with van der Waals surface area (Å²) in [4.78, 5) is 0. The third-order valence-corrected chi connectivity index (χ3v) is 5.77. The molecule has 0 aromatic heterocycles. The minimum Gasteiger partial charge on any atom is -0.478 e. The van der Waals surface area contributed by atoms with E-state index in [-0.39, 0.29) is 18.3 Å². The van der Waals surface area contributed by atoms with Crippen molar-refractivity contribution in [3.63, 3.8) is 0 Å². The third kappa shape index (κ3) is 1.25. The van der Waals surface area contributed by atoms with E-state index in [2.05, 4.69) is 6.92 Å². The zero-order chi connectivity index (χ0) is 14.1. The van der Waals surface area contributed by atoms with Crippen LogP contribution in [0.4, 0.5) is 0 Å². The summed E-state index contributed by atoms with van der Waals surface area (Å²) in [6.07, 6.45) is 3.24. The summed E-state index contributed by atoms with van der Waals surface area (Å²) < 4.78 is 23.1. The fourth-order valence-electron chi connectivity index (χ4n) is 4.64. The monoisotopic (exact) mass is 290 g/mol. The zero-order valence-corrected chi connectivity index (χ0v) is 11.7.